The summed E-state index contributed by atoms with van der Waals surface area (Å²) in [4.78, 5) is 0. The molecule has 3 aromatic rings. The van der Waals surface area contributed by atoms with Gasteiger partial charge in [0, 0.05) is 17.0 Å². The van der Waals surface area contributed by atoms with Crippen LogP contribution in [0.4, 0.5) is 13.2 Å². The van der Waals surface area contributed by atoms with Gasteiger partial charge in [-0.25, -0.2) is 4.68 Å². The summed E-state index contributed by atoms with van der Waals surface area (Å²) in [5, 5.41) is 14.0. The summed E-state index contributed by atoms with van der Waals surface area (Å²) < 4.78 is 39.1. The zero-order valence-electron chi connectivity index (χ0n) is 10.6. The Morgan fingerprint density at radius 2 is 1.71 bits per heavy atom. The quantitative estimate of drug-likeness (QED) is 0.680. The van der Waals surface area contributed by atoms with Gasteiger partial charge in [-0.05, 0) is 18.2 Å². The van der Waals surface area contributed by atoms with Crippen LogP contribution < -0.4 is 0 Å². The number of nitriles is 1. The van der Waals surface area contributed by atoms with E-state index in [9.17, 15) is 13.2 Å². The summed E-state index contributed by atoms with van der Waals surface area (Å²) >= 11 is 0. The fourth-order valence-electron chi connectivity index (χ4n) is 2.19. The van der Waals surface area contributed by atoms with Crippen molar-refractivity contribution in [3.8, 4) is 11.8 Å². The average molecular weight is 287 g/mol. The van der Waals surface area contributed by atoms with Crippen LogP contribution in [0.3, 0.4) is 0 Å². The maximum atomic E-state index is 12.6. The fraction of sp³-hybridized carbons (Fsp3) is 0.0667. The molecule has 0 aliphatic rings. The van der Waals surface area contributed by atoms with Gasteiger partial charge in [0.05, 0.1) is 17.3 Å². The molecule has 0 bridgehead atoms. The van der Waals surface area contributed by atoms with Crippen LogP contribution in [0.15, 0.2) is 48.7 Å². The van der Waals surface area contributed by atoms with Crippen molar-refractivity contribution in [2.24, 2.45) is 0 Å². The molecule has 0 saturated carbocycles. The molecule has 3 nitrogen and oxygen atoms in total. The van der Waals surface area contributed by atoms with Gasteiger partial charge in [0.25, 0.3) is 0 Å². The van der Waals surface area contributed by atoms with Crippen LogP contribution in [0.5, 0.6) is 0 Å². The lowest BCUT2D eigenvalue weighted by molar-refractivity contribution is -0.141. The zero-order chi connectivity index (χ0) is 15.0. The van der Waals surface area contributed by atoms with Gasteiger partial charge in [-0.15, -0.1) is 0 Å². The SMILES string of the molecule is N#Cc1ccc(-n2ccc(C(F)(F)F)n2)c2ccccc12. The minimum atomic E-state index is -4.48. The fourth-order valence-corrected chi connectivity index (χ4v) is 2.19. The molecule has 0 fully saturated rings. The number of aromatic nitrogens is 2. The molecule has 1 aromatic heterocycles. The molecular weight excluding hydrogens is 279 g/mol. The van der Waals surface area contributed by atoms with E-state index in [0.717, 1.165) is 6.07 Å². The smallest absolute Gasteiger partial charge is 0.240 e. The number of rotatable bonds is 1. The van der Waals surface area contributed by atoms with Crippen LogP contribution in [0.2, 0.25) is 0 Å². The van der Waals surface area contributed by atoms with Gasteiger partial charge < -0.3 is 0 Å². The Bertz CT molecular complexity index is 856. The summed E-state index contributed by atoms with van der Waals surface area (Å²) in [5.74, 6) is 0. The first-order chi connectivity index (χ1) is 10.0. The highest BCUT2D eigenvalue weighted by molar-refractivity contribution is 5.94. The molecule has 0 N–H and O–H groups in total. The third-order valence-corrected chi connectivity index (χ3v) is 3.15. The third-order valence-electron chi connectivity index (χ3n) is 3.15. The van der Waals surface area contributed by atoms with Crippen molar-refractivity contribution < 1.29 is 13.2 Å². The lowest BCUT2D eigenvalue weighted by atomic mass is 10.0. The topological polar surface area (TPSA) is 41.6 Å². The molecule has 21 heavy (non-hydrogen) atoms. The van der Waals surface area contributed by atoms with E-state index in [4.69, 9.17) is 5.26 Å². The second-order valence-corrected chi connectivity index (χ2v) is 4.43. The van der Waals surface area contributed by atoms with Crippen molar-refractivity contribution >= 4 is 10.8 Å². The summed E-state index contributed by atoms with van der Waals surface area (Å²) in [6.07, 6.45) is -3.22. The number of alkyl halides is 3. The van der Waals surface area contributed by atoms with Gasteiger partial charge in [0.1, 0.15) is 0 Å². The minimum Gasteiger partial charge on any atom is -0.240 e. The highest BCUT2D eigenvalue weighted by Gasteiger charge is 2.33. The molecule has 0 aliphatic heterocycles. The molecule has 104 valence electrons. The monoisotopic (exact) mass is 287 g/mol. The van der Waals surface area contributed by atoms with E-state index in [1.807, 2.05) is 0 Å². The van der Waals surface area contributed by atoms with E-state index in [1.54, 1.807) is 36.4 Å². The molecule has 0 amide bonds. The first-order valence-electron chi connectivity index (χ1n) is 6.06. The Hall–Kier alpha value is -2.81. The molecule has 0 radical (unpaired) electrons. The molecule has 0 saturated heterocycles. The van der Waals surface area contributed by atoms with Gasteiger partial charge in [-0.3, -0.25) is 0 Å². The lowest BCUT2D eigenvalue weighted by Crippen LogP contribution is -2.07. The summed E-state index contributed by atoms with van der Waals surface area (Å²) in [7, 11) is 0. The van der Waals surface area contributed by atoms with E-state index >= 15 is 0 Å². The Labute approximate surface area is 117 Å². The van der Waals surface area contributed by atoms with Gasteiger partial charge in [0.15, 0.2) is 5.69 Å². The number of hydrogen-bond acceptors (Lipinski definition) is 2. The third kappa shape index (κ3) is 2.23. The van der Waals surface area contributed by atoms with E-state index in [1.165, 1.54) is 10.9 Å². The van der Waals surface area contributed by atoms with Crippen molar-refractivity contribution in [2.45, 2.75) is 6.18 Å². The normalized spacial score (nSPS) is 11.5. The molecule has 0 unspecified atom stereocenters. The second kappa shape index (κ2) is 4.63. The molecule has 0 atom stereocenters. The molecule has 6 heteroatoms. The highest BCUT2D eigenvalue weighted by Crippen LogP contribution is 2.29. The van der Waals surface area contributed by atoms with E-state index in [0.29, 0.717) is 22.0 Å². The molecule has 3 rings (SSSR count). The first kappa shape index (κ1) is 13.2. The van der Waals surface area contributed by atoms with Crippen LogP contribution in [-0.2, 0) is 6.18 Å². The van der Waals surface area contributed by atoms with Crippen molar-refractivity contribution in [3.63, 3.8) is 0 Å². The van der Waals surface area contributed by atoms with Gasteiger partial charge >= 0.3 is 6.18 Å². The number of benzene rings is 2. The standard InChI is InChI=1S/C15H8F3N3/c16-15(17,18)14-7-8-21(20-14)13-6-5-10(9-19)11-3-1-2-4-12(11)13/h1-8H. The van der Waals surface area contributed by atoms with Gasteiger partial charge in [-0.2, -0.15) is 23.5 Å². The summed E-state index contributed by atoms with van der Waals surface area (Å²) in [5.41, 5.74) is 0.0218. The molecule has 0 aliphatic carbocycles. The van der Waals surface area contributed by atoms with Crippen LogP contribution in [0.25, 0.3) is 16.5 Å². The summed E-state index contributed by atoms with van der Waals surface area (Å²) in [6, 6.07) is 13.2. The van der Waals surface area contributed by atoms with Gasteiger partial charge in [0.2, 0.25) is 0 Å². The van der Waals surface area contributed by atoms with Crippen LogP contribution in [-0.4, -0.2) is 9.78 Å². The highest BCUT2D eigenvalue weighted by atomic mass is 19.4. The Morgan fingerprint density at radius 1 is 1.00 bits per heavy atom. The maximum absolute atomic E-state index is 12.6. The van der Waals surface area contributed by atoms with Crippen LogP contribution in [0.1, 0.15) is 11.3 Å². The maximum Gasteiger partial charge on any atom is 0.435 e. The van der Waals surface area contributed by atoms with Crippen molar-refractivity contribution in [1.29, 1.82) is 5.26 Å². The Balaban J connectivity index is 2.22. The second-order valence-electron chi connectivity index (χ2n) is 4.43. The largest absolute Gasteiger partial charge is 0.435 e. The Kier molecular flexibility index (Phi) is 2.91. The zero-order valence-corrected chi connectivity index (χ0v) is 10.6. The minimum absolute atomic E-state index is 0.470. The number of halogens is 3. The van der Waals surface area contributed by atoms with Crippen molar-refractivity contribution in [2.75, 3.05) is 0 Å². The average Bonchev–Trinajstić information content (AvgIpc) is 2.96. The van der Waals surface area contributed by atoms with Crippen LogP contribution >= 0.6 is 0 Å². The van der Waals surface area contributed by atoms with E-state index in [2.05, 4.69) is 11.2 Å². The number of fused-ring (bicyclic) bond motifs is 1. The van der Waals surface area contributed by atoms with Crippen LogP contribution in [0, 0.1) is 11.3 Å². The summed E-state index contributed by atoms with van der Waals surface area (Å²) in [6.45, 7) is 0. The Morgan fingerprint density at radius 3 is 2.33 bits per heavy atom. The van der Waals surface area contributed by atoms with Gasteiger partial charge in [-0.1, -0.05) is 24.3 Å². The van der Waals surface area contributed by atoms with E-state index < -0.39 is 11.9 Å². The molecule has 0 spiro atoms. The number of nitrogens with zero attached hydrogens (tertiary/aromatic N) is 3. The predicted octanol–water partition coefficient (Wildman–Crippen LogP) is 3.92. The predicted molar refractivity (Wildman–Crippen MR) is 70.8 cm³/mol. The van der Waals surface area contributed by atoms with Crippen molar-refractivity contribution in [3.05, 3.63) is 59.9 Å². The van der Waals surface area contributed by atoms with Crippen molar-refractivity contribution in [1.82, 2.24) is 9.78 Å². The number of hydrogen-bond donors (Lipinski definition) is 0. The van der Waals surface area contributed by atoms with E-state index in [-0.39, 0.29) is 0 Å². The lowest BCUT2D eigenvalue weighted by Gasteiger charge is -2.08. The molecular formula is C15H8F3N3. The molecule has 2 aromatic carbocycles. The molecule has 1 heterocycles. The first-order valence-corrected chi connectivity index (χ1v) is 6.06.